The van der Waals surface area contributed by atoms with Crippen LogP contribution >= 0.6 is 0 Å². The Hall–Kier alpha value is -3.39. The first-order valence-corrected chi connectivity index (χ1v) is 10.3. The summed E-state index contributed by atoms with van der Waals surface area (Å²) in [6.07, 6.45) is 0.112. The number of benzene rings is 2. The van der Waals surface area contributed by atoms with Gasteiger partial charge in [0, 0.05) is 30.3 Å². The summed E-state index contributed by atoms with van der Waals surface area (Å²) in [6.45, 7) is 5.05. The lowest BCUT2D eigenvalue weighted by molar-refractivity contribution is -0.142. The molecule has 2 aromatic carbocycles. The van der Waals surface area contributed by atoms with E-state index in [-0.39, 0.29) is 35.8 Å². The molecular formula is C24H25F2N3O3. The van der Waals surface area contributed by atoms with Crippen LogP contribution in [0, 0.1) is 11.6 Å². The molecule has 0 radical (unpaired) electrons. The molecule has 3 aromatic rings. The summed E-state index contributed by atoms with van der Waals surface area (Å²) in [7, 11) is 0. The normalized spacial score (nSPS) is 11.0. The molecule has 0 amide bonds. The lowest BCUT2D eigenvalue weighted by Gasteiger charge is -2.10. The van der Waals surface area contributed by atoms with Gasteiger partial charge in [0.25, 0.3) is 5.56 Å². The van der Waals surface area contributed by atoms with E-state index in [9.17, 15) is 18.4 Å². The number of nitrogens with zero attached hydrogens (tertiary/aromatic N) is 2. The van der Waals surface area contributed by atoms with Crippen LogP contribution in [0.1, 0.15) is 25.0 Å². The number of esters is 1. The summed E-state index contributed by atoms with van der Waals surface area (Å²) in [4.78, 5) is 24.3. The van der Waals surface area contributed by atoms with Crippen LogP contribution in [-0.4, -0.2) is 34.9 Å². The standard InChI is InChI=1S/C24H25F2N3O3/c1-16(2)27-8-9-32-24(31)11-17-4-3-5-18(10-17)15-29-23(30)7-6-22(28-29)19-12-20(25)14-21(26)13-19/h3-7,10,12-14,16,27H,8-9,11,15H2,1-2H3. The van der Waals surface area contributed by atoms with Crippen molar-refractivity contribution < 1.29 is 18.3 Å². The van der Waals surface area contributed by atoms with Crippen molar-refractivity contribution in [1.29, 1.82) is 0 Å². The van der Waals surface area contributed by atoms with Crippen LogP contribution in [0.5, 0.6) is 0 Å². The van der Waals surface area contributed by atoms with Gasteiger partial charge >= 0.3 is 5.97 Å². The fraction of sp³-hybridized carbons (Fsp3) is 0.292. The molecule has 6 nitrogen and oxygen atoms in total. The Morgan fingerprint density at radius 3 is 2.50 bits per heavy atom. The highest BCUT2D eigenvalue weighted by atomic mass is 19.1. The Morgan fingerprint density at radius 1 is 1.06 bits per heavy atom. The second-order valence-electron chi connectivity index (χ2n) is 7.70. The van der Waals surface area contributed by atoms with E-state index in [1.54, 1.807) is 18.2 Å². The SMILES string of the molecule is CC(C)NCCOC(=O)Cc1cccc(Cn2nc(-c3cc(F)cc(F)c3)ccc2=O)c1. The molecule has 0 aliphatic rings. The van der Waals surface area contributed by atoms with Crippen LogP contribution in [0.2, 0.25) is 0 Å². The minimum Gasteiger partial charge on any atom is -0.464 e. The molecule has 32 heavy (non-hydrogen) atoms. The van der Waals surface area contributed by atoms with Gasteiger partial charge in [0.15, 0.2) is 0 Å². The van der Waals surface area contributed by atoms with Crippen LogP contribution in [0.25, 0.3) is 11.3 Å². The Bertz CT molecular complexity index is 1130. The second-order valence-corrected chi connectivity index (χ2v) is 7.70. The van der Waals surface area contributed by atoms with E-state index < -0.39 is 11.6 Å². The largest absolute Gasteiger partial charge is 0.464 e. The van der Waals surface area contributed by atoms with Crippen molar-refractivity contribution in [3.63, 3.8) is 0 Å². The lowest BCUT2D eigenvalue weighted by Crippen LogP contribution is -2.27. The van der Waals surface area contributed by atoms with Gasteiger partial charge in [0.1, 0.15) is 18.2 Å². The fourth-order valence-corrected chi connectivity index (χ4v) is 3.16. The van der Waals surface area contributed by atoms with Gasteiger partial charge < -0.3 is 10.1 Å². The molecule has 3 rings (SSSR count). The molecule has 0 aliphatic carbocycles. The highest BCUT2D eigenvalue weighted by Crippen LogP contribution is 2.19. The van der Waals surface area contributed by atoms with Crippen molar-refractivity contribution in [3.8, 4) is 11.3 Å². The van der Waals surface area contributed by atoms with Gasteiger partial charge in [0.05, 0.1) is 18.7 Å². The average Bonchev–Trinajstić information content (AvgIpc) is 2.72. The fourth-order valence-electron chi connectivity index (χ4n) is 3.16. The van der Waals surface area contributed by atoms with Crippen LogP contribution in [0.15, 0.2) is 59.4 Å². The quantitative estimate of drug-likeness (QED) is 0.407. The molecule has 0 atom stereocenters. The van der Waals surface area contributed by atoms with E-state index in [1.165, 1.54) is 16.8 Å². The number of nitrogens with one attached hydrogen (secondary N) is 1. The molecule has 0 fully saturated rings. The van der Waals surface area contributed by atoms with Crippen molar-refractivity contribution in [2.75, 3.05) is 13.2 Å². The Labute approximate surface area is 184 Å². The Morgan fingerprint density at radius 2 is 1.78 bits per heavy atom. The van der Waals surface area contributed by atoms with Gasteiger partial charge in [-0.3, -0.25) is 9.59 Å². The number of rotatable bonds is 9. The monoisotopic (exact) mass is 441 g/mol. The lowest BCUT2D eigenvalue weighted by atomic mass is 10.1. The van der Waals surface area contributed by atoms with Crippen molar-refractivity contribution in [2.45, 2.75) is 32.9 Å². The maximum absolute atomic E-state index is 13.5. The Balaban J connectivity index is 1.70. The maximum atomic E-state index is 13.5. The third kappa shape index (κ3) is 6.81. The van der Waals surface area contributed by atoms with Crippen LogP contribution in [0.3, 0.4) is 0 Å². The summed E-state index contributed by atoms with van der Waals surface area (Å²) in [5.41, 5.74) is 1.67. The number of carbonyl (C=O) groups excluding carboxylic acids is 1. The van der Waals surface area contributed by atoms with Crippen LogP contribution in [0.4, 0.5) is 8.78 Å². The van der Waals surface area contributed by atoms with Gasteiger partial charge in [0.2, 0.25) is 0 Å². The molecule has 1 N–H and O–H groups in total. The third-order valence-corrected chi connectivity index (χ3v) is 4.61. The summed E-state index contributed by atoms with van der Waals surface area (Å²) < 4.78 is 33.5. The summed E-state index contributed by atoms with van der Waals surface area (Å²) >= 11 is 0. The Kier molecular flexibility index (Phi) is 7.83. The third-order valence-electron chi connectivity index (χ3n) is 4.61. The zero-order valence-corrected chi connectivity index (χ0v) is 18.0. The van der Waals surface area contributed by atoms with Gasteiger partial charge in [-0.1, -0.05) is 38.1 Å². The smallest absolute Gasteiger partial charge is 0.310 e. The van der Waals surface area contributed by atoms with Gasteiger partial charge in [-0.2, -0.15) is 5.10 Å². The highest BCUT2D eigenvalue weighted by molar-refractivity contribution is 5.72. The number of hydrogen-bond donors (Lipinski definition) is 1. The van der Waals surface area contributed by atoms with E-state index in [0.717, 1.165) is 29.3 Å². The predicted molar refractivity (Wildman–Crippen MR) is 117 cm³/mol. The first-order chi connectivity index (χ1) is 15.3. The van der Waals surface area contributed by atoms with Crippen molar-refractivity contribution in [2.24, 2.45) is 0 Å². The molecule has 0 aliphatic heterocycles. The summed E-state index contributed by atoms with van der Waals surface area (Å²) in [5, 5.41) is 7.42. The van der Waals surface area contributed by atoms with Crippen LogP contribution in [-0.2, 0) is 22.5 Å². The molecule has 0 unspecified atom stereocenters. The number of ether oxygens (including phenoxy) is 1. The minimum atomic E-state index is -0.723. The van der Waals surface area contributed by atoms with E-state index in [4.69, 9.17) is 4.74 Å². The molecule has 0 saturated heterocycles. The summed E-state index contributed by atoms with van der Waals surface area (Å²) in [5.74, 6) is -1.78. The predicted octanol–water partition coefficient (Wildman–Crippen LogP) is 3.32. The van der Waals surface area contributed by atoms with E-state index in [1.807, 2.05) is 19.9 Å². The van der Waals surface area contributed by atoms with E-state index in [0.29, 0.717) is 19.2 Å². The number of halogens is 2. The number of carbonyl (C=O) groups is 1. The zero-order chi connectivity index (χ0) is 23.1. The van der Waals surface area contributed by atoms with Crippen molar-refractivity contribution >= 4 is 5.97 Å². The molecule has 0 saturated carbocycles. The average molecular weight is 441 g/mol. The number of hydrogen-bond acceptors (Lipinski definition) is 5. The highest BCUT2D eigenvalue weighted by Gasteiger charge is 2.09. The first-order valence-electron chi connectivity index (χ1n) is 10.3. The molecule has 1 heterocycles. The molecule has 0 bridgehead atoms. The second kappa shape index (κ2) is 10.8. The molecule has 168 valence electrons. The summed E-state index contributed by atoms with van der Waals surface area (Å²) in [6, 6.07) is 13.3. The topological polar surface area (TPSA) is 73.2 Å². The van der Waals surface area contributed by atoms with E-state index >= 15 is 0 Å². The van der Waals surface area contributed by atoms with Crippen molar-refractivity contribution in [1.82, 2.24) is 15.1 Å². The first kappa shape index (κ1) is 23.3. The van der Waals surface area contributed by atoms with Gasteiger partial charge in [-0.25, -0.2) is 13.5 Å². The molecular weight excluding hydrogens is 416 g/mol. The zero-order valence-electron chi connectivity index (χ0n) is 18.0. The minimum absolute atomic E-state index is 0.112. The molecule has 0 spiro atoms. The van der Waals surface area contributed by atoms with Crippen LogP contribution < -0.4 is 10.9 Å². The van der Waals surface area contributed by atoms with Gasteiger partial charge in [-0.05, 0) is 29.3 Å². The number of aromatic nitrogens is 2. The van der Waals surface area contributed by atoms with Crippen molar-refractivity contribution in [3.05, 3.63) is 87.7 Å². The maximum Gasteiger partial charge on any atom is 0.310 e. The molecule has 1 aromatic heterocycles. The van der Waals surface area contributed by atoms with Gasteiger partial charge in [-0.15, -0.1) is 0 Å². The van der Waals surface area contributed by atoms with E-state index in [2.05, 4.69) is 10.4 Å². The molecule has 8 heteroatoms.